The Morgan fingerprint density at radius 3 is 2.58 bits per heavy atom. The van der Waals surface area contributed by atoms with E-state index in [1.807, 2.05) is 42.5 Å². The molecule has 1 amide bonds. The number of likely N-dealkylation sites (tertiary alicyclic amines) is 1. The quantitative estimate of drug-likeness (QED) is 0.299. The highest BCUT2D eigenvalue weighted by atomic mass is 19.1. The van der Waals surface area contributed by atoms with Crippen molar-refractivity contribution < 1.29 is 9.18 Å². The van der Waals surface area contributed by atoms with Gasteiger partial charge in [0, 0.05) is 48.3 Å². The molecule has 182 valence electrons. The summed E-state index contributed by atoms with van der Waals surface area (Å²) in [7, 11) is 0. The summed E-state index contributed by atoms with van der Waals surface area (Å²) in [5.41, 5.74) is 4.66. The fourth-order valence-corrected chi connectivity index (χ4v) is 4.07. The number of carbonyl (C=O) groups is 1. The van der Waals surface area contributed by atoms with Crippen LogP contribution in [0.1, 0.15) is 0 Å². The number of nitrogens with zero attached hydrogens (tertiary/aromatic N) is 4. The lowest BCUT2D eigenvalue weighted by Gasteiger charge is -2.39. The predicted molar refractivity (Wildman–Crippen MR) is 141 cm³/mol. The first-order valence-electron chi connectivity index (χ1n) is 11.7. The van der Waals surface area contributed by atoms with Gasteiger partial charge in [0.05, 0.1) is 29.1 Å². The monoisotopic (exact) mass is 483 g/mol. The summed E-state index contributed by atoms with van der Waals surface area (Å²) in [4.78, 5) is 27.2. The van der Waals surface area contributed by atoms with Gasteiger partial charge in [-0.15, -0.1) is 0 Å². The van der Waals surface area contributed by atoms with Crippen molar-refractivity contribution in [2.75, 3.05) is 42.3 Å². The van der Waals surface area contributed by atoms with Crippen LogP contribution in [-0.4, -0.2) is 58.1 Å². The largest absolute Gasteiger partial charge is 0.380 e. The number of halogens is 1. The number of pyridine rings is 3. The molecule has 3 aromatic heterocycles. The van der Waals surface area contributed by atoms with Gasteiger partial charge in [-0.2, -0.15) is 0 Å². The molecule has 4 heterocycles. The predicted octanol–water partition coefficient (Wildman–Crippen LogP) is 4.63. The summed E-state index contributed by atoms with van der Waals surface area (Å²) in [5, 5.41) is 10.5. The molecule has 36 heavy (non-hydrogen) atoms. The second-order valence-corrected chi connectivity index (χ2v) is 8.57. The Morgan fingerprint density at radius 2 is 1.81 bits per heavy atom. The van der Waals surface area contributed by atoms with E-state index in [2.05, 4.69) is 42.4 Å². The third-order valence-electron chi connectivity index (χ3n) is 5.94. The number of hydrogen-bond donors (Lipinski definition) is 3. The van der Waals surface area contributed by atoms with Crippen molar-refractivity contribution >= 4 is 39.7 Å². The van der Waals surface area contributed by atoms with Crippen molar-refractivity contribution in [2.24, 2.45) is 0 Å². The summed E-state index contributed by atoms with van der Waals surface area (Å²) in [6.45, 7) is 5.42. The van der Waals surface area contributed by atoms with Crippen LogP contribution < -0.4 is 16.0 Å². The van der Waals surface area contributed by atoms with Crippen molar-refractivity contribution in [3.8, 4) is 11.4 Å². The first-order chi connectivity index (χ1) is 17.6. The lowest BCUT2D eigenvalue weighted by atomic mass is 10.1. The van der Waals surface area contributed by atoms with Gasteiger partial charge in [-0.25, -0.2) is 9.37 Å². The van der Waals surface area contributed by atoms with Crippen LogP contribution in [0.4, 0.5) is 27.3 Å². The number of carbonyl (C=O) groups excluding carboxylic acids is 1. The molecule has 0 aliphatic carbocycles. The van der Waals surface area contributed by atoms with E-state index in [0.717, 1.165) is 35.4 Å². The van der Waals surface area contributed by atoms with Gasteiger partial charge < -0.3 is 16.0 Å². The zero-order valence-electron chi connectivity index (χ0n) is 19.6. The molecule has 1 aliphatic heterocycles. The zero-order chi connectivity index (χ0) is 24.9. The Hall–Kier alpha value is -4.37. The summed E-state index contributed by atoms with van der Waals surface area (Å²) in [6.07, 6.45) is 4.56. The Kier molecular flexibility index (Phi) is 6.81. The molecule has 0 bridgehead atoms. The van der Waals surface area contributed by atoms with Gasteiger partial charge in [0.25, 0.3) is 0 Å². The van der Waals surface area contributed by atoms with Gasteiger partial charge in [0.15, 0.2) is 0 Å². The Bertz CT molecular complexity index is 1390. The minimum Gasteiger partial charge on any atom is -0.380 e. The van der Waals surface area contributed by atoms with E-state index in [4.69, 9.17) is 0 Å². The van der Waals surface area contributed by atoms with Gasteiger partial charge in [-0.05, 0) is 60.7 Å². The van der Waals surface area contributed by atoms with Gasteiger partial charge in [-0.3, -0.25) is 19.7 Å². The molecule has 0 spiro atoms. The number of rotatable bonds is 9. The highest BCUT2D eigenvalue weighted by Gasteiger charge is 2.25. The Balaban J connectivity index is 1.24. The van der Waals surface area contributed by atoms with Crippen molar-refractivity contribution in [3.63, 3.8) is 0 Å². The molecule has 4 aromatic rings. The van der Waals surface area contributed by atoms with Crippen LogP contribution >= 0.6 is 0 Å². The standard InChI is InChI=1S/C27H26FN7O/c1-2-27(36)33-21-9-11-29-24(14-21)23-13-18-3-8-26(34-25(18)15-30-23)32-20-6-4-19(5-7-20)31-22-16-35(17-22)12-10-28/h2-9,11,13-15,22,31H,1,10,12,16-17H2,(H,32,34)(H,29,33,36). The molecule has 1 aliphatic rings. The highest BCUT2D eigenvalue weighted by Crippen LogP contribution is 2.25. The molecule has 1 aromatic carbocycles. The average Bonchev–Trinajstić information content (AvgIpc) is 2.88. The lowest BCUT2D eigenvalue weighted by Crippen LogP contribution is -2.55. The fourth-order valence-electron chi connectivity index (χ4n) is 4.07. The van der Waals surface area contributed by atoms with E-state index in [9.17, 15) is 9.18 Å². The van der Waals surface area contributed by atoms with Crippen LogP contribution in [0.5, 0.6) is 0 Å². The highest BCUT2D eigenvalue weighted by molar-refractivity contribution is 5.99. The zero-order valence-corrected chi connectivity index (χ0v) is 19.6. The van der Waals surface area contributed by atoms with E-state index < -0.39 is 0 Å². The maximum Gasteiger partial charge on any atom is 0.247 e. The molecule has 0 saturated carbocycles. The first kappa shape index (κ1) is 23.4. The molecule has 0 atom stereocenters. The minimum absolute atomic E-state index is 0.284. The summed E-state index contributed by atoms with van der Waals surface area (Å²) < 4.78 is 12.4. The number of nitrogens with one attached hydrogen (secondary N) is 3. The molecule has 1 fully saturated rings. The second-order valence-electron chi connectivity index (χ2n) is 8.57. The normalized spacial score (nSPS) is 13.7. The van der Waals surface area contributed by atoms with E-state index in [-0.39, 0.29) is 12.6 Å². The van der Waals surface area contributed by atoms with E-state index in [1.54, 1.807) is 24.5 Å². The van der Waals surface area contributed by atoms with Crippen LogP contribution in [0.15, 0.2) is 79.6 Å². The van der Waals surface area contributed by atoms with Crippen molar-refractivity contribution in [3.05, 3.63) is 79.6 Å². The van der Waals surface area contributed by atoms with Crippen molar-refractivity contribution in [2.45, 2.75) is 6.04 Å². The number of alkyl halides is 1. The number of amides is 1. The van der Waals surface area contributed by atoms with Gasteiger partial charge in [0.1, 0.15) is 12.5 Å². The van der Waals surface area contributed by atoms with Crippen LogP contribution in [0, 0.1) is 0 Å². The molecule has 0 radical (unpaired) electrons. The summed E-state index contributed by atoms with van der Waals surface area (Å²) in [5.74, 6) is 0.430. The summed E-state index contributed by atoms with van der Waals surface area (Å²) >= 11 is 0. The number of benzene rings is 1. The maximum absolute atomic E-state index is 12.4. The number of aromatic nitrogens is 3. The average molecular weight is 484 g/mol. The molecular weight excluding hydrogens is 457 g/mol. The van der Waals surface area contributed by atoms with E-state index in [0.29, 0.717) is 35.5 Å². The fraction of sp³-hybridized carbons (Fsp3) is 0.185. The summed E-state index contributed by atoms with van der Waals surface area (Å²) in [6, 6.07) is 17.7. The molecule has 8 nitrogen and oxygen atoms in total. The SMILES string of the molecule is C=CC(=O)Nc1ccnc(-c2cc3ccc(Nc4ccc(NC5CN(CCF)C5)cc4)nc3cn2)c1. The van der Waals surface area contributed by atoms with E-state index in [1.165, 1.54) is 6.08 Å². The molecule has 5 rings (SSSR count). The molecule has 3 N–H and O–H groups in total. The number of fused-ring (bicyclic) bond motifs is 1. The Morgan fingerprint density at radius 1 is 1.03 bits per heavy atom. The number of anilines is 4. The maximum atomic E-state index is 12.4. The van der Waals surface area contributed by atoms with Crippen LogP contribution in [0.3, 0.4) is 0 Å². The molecule has 9 heteroatoms. The third-order valence-corrected chi connectivity index (χ3v) is 5.94. The van der Waals surface area contributed by atoms with Crippen molar-refractivity contribution in [1.29, 1.82) is 0 Å². The first-order valence-corrected chi connectivity index (χ1v) is 11.7. The second kappa shape index (κ2) is 10.5. The van der Waals surface area contributed by atoms with Crippen LogP contribution in [-0.2, 0) is 4.79 Å². The van der Waals surface area contributed by atoms with Crippen LogP contribution in [0.2, 0.25) is 0 Å². The van der Waals surface area contributed by atoms with Crippen molar-refractivity contribution in [1.82, 2.24) is 19.9 Å². The lowest BCUT2D eigenvalue weighted by molar-refractivity contribution is -0.111. The third kappa shape index (κ3) is 5.47. The topological polar surface area (TPSA) is 95.1 Å². The Labute approximate surface area is 208 Å². The van der Waals surface area contributed by atoms with Gasteiger partial charge in [-0.1, -0.05) is 6.58 Å². The minimum atomic E-state index is -0.296. The molecule has 1 saturated heterocycles. The van der Waals surface area contributed by atoms with Gasteiger partial charge >= 0.3 is 0 Å². The van der Waals surface area contributed by atoms with Gasteiger partial charge in [0.2, 0.25) is 5.91 Å². The smallest absolute Gasteiger partial charge is 0.247 e. The van der Waals surface area contributed by atoms with Crippen LogP contribution in [0.25, 0.3) is 22.3 Å². The molecular formula is C27H26FN7O. The van der Waals surface area contributed by atoms with E-state index >= 15 is 0 Å². The molecule has 0 unspecified atom stereocenters. The number of hydrogen-bond acceptors (Lipinski definition) is 7.